The second-order valence-corrected chi connectivity index (χ2v) is 5.20. The molecule has 0 radical (unpaired) electrons. The molecule has 0 fully saturated rings. The number of carbonyl (C=O) groups is 2. The Labute approximate surface area is 128 Å². The zero-order chi connectivity index (χ0) is 16.3. The van der Waals surface area contributed by atoms with E-state index in [0.717, 1.165) is 16.7 Å². The fourth-order valence-electron chi connectivity index (χ4n) is 2.10. The van der Waals surface area contributed by atoms with E-state index in [4.69, 9.17) is 4.74 Å². The molecule has 0 N–H and O–H groups in total. The van der Waals surface area contributed by atoms with Crippen LogP contribution < -0.4 is 4.73 Å². The van der Waals surface area contributed by atoms with Gasteiger partial charge in [-0.1, -0.05) is 6.07 Å². The highest BCUT2D eigenvalue weighted by atomic mass is 16.5. The maximum atomic E-state index is 12.2. The van der Waals surface area contributed by atoms with Gasteiger partial charge in [0.1, 0.15) is 0 Å². The summed E-state index contributed by atoms with van der Waals surface area (Å²) in [7, 11) is 0. The molecule has 0 unspecified atom stereocenters. The summed E-state index contributed by atoms with van der Waals surface area (Å²) < 4.78 is 5.58. The highest BCUT2D eigenvalue weighted by molar-refractivity contribution is 6.00. The minimum Gasteiger partial charge on any atom is -0.619 e. The number of rotatable bonds is 4. The van der Waals surface area contributed by atoms with Crippen LogP contribution in [0.25, 0.3) is 0 Å². The van der Waals surface area contributed by atoms with E-state index in [0.29, 0.717) is 10.3 Å². The first kappa shape index (κ1) is 15.7. The van der Waals surface area contributed by atoms with Crippen molar-refractivity contribution in [2.24, 2.45) is 0 Å². The zero-order valence-electron chi connectivity index (χ0n) is 12.8. The zero-order valence-corrected chi connectivity index (χ0v) is 12.8. The number of Topliss-reactive ketones (excluding diaryl/α,β-unsaturated/α-hetero) is 1. The molecule has 1 aromatic carbocycles. The van der Waals surface area contributed by atoms with Gasteiger partial charge >= 0.3 is 5.97 Å². The minimum absolute atomic E-state index is 0.233. The molecular formula is C17H17NO4. The molecule has 22 heavy (non-hydrogen) atoms. The summed E-state index contributed by atoms with van der Waals surface area (Å²) >= 11 is 0. The van der Waals surface area contributed by atoms with E-state index in [9.17, 15) is 14.8 Å². The van der Waals surface area contributed by atoms with Gasteiger partial charge in [-0.2, -0.15) is 4.73 Å². The highest BCUT2D eigenvalue weighted by Gasteiger charge is 2.15. The maximum Gasteiger partial charge on any atom is 0.339 e. The molecule has 0 spiro atoms. The molecule has 5 nitrogen and oxygen atoms in total. The van der Waals surface area contributed by atoms with Crippen molar-refractivity contribution >= 4 is 11.8 Å². The number of esters is 1. The molecule has 1 aromatic heterocycles. The Kier molecular flexibility index (Phi) is 4.56. The summed E-state index contributed by atoms with van der Waals surface area (Å²) in [6.45, 7) is 5.44. The summed E-state index contributed by atoms with van der Waals surface area (Å²) in [6, 6.07) is 6.44. The fourth-order valence-corrected chi connectivity index (χ4v) is 2.10. The van der Waals surface area contributed by atoms with Crippen LogP contribution >= 0.6 is 0 Å². The molecule has 5 heteroatoms. The SMILES string of the molecule is Cc1cc(C)c(C(=O)COC(=O)c2cc[n+]([O-])cc2)cc1C. The number of ketones is 1. The molecule has 114 valence electrons. The largest absolute Gasteiger partial charge is 0.619 e. The van der Waals surface area contributed by atoms with Gasteiger partial charge < -0.3 is 9.94 Å². The molecule has 2 aromatic rings. The van der Waals surface area contributed by atoms with Gasteiger partial charge in [-0.15, -0.1) is 0 Å². The first-order chi connectivity index (χ1) is 10.4. The second-order valence-electron chi connectivity index (χ2n) is 5.20. The molecule has 0 saturated carbocycles. The number of pyridine rings is 1. The third-order valence-corrected chi connectivity index (χ3v) is 3.51. The van der Waals surface area contributed by atoms with Crippen LogP contribution in [0.5, 0.6) is 0 Å². The van der Waals surface area contributed by atoms with Crippen molar-refractivity contribution in [1.29, 1.82) is 0 Å². The van der Waals surface area contributed by atoms with E-state index in [2.05, 4.69) is 0 Å². The predicted molar refractivity (Wildman–Crippen MR) is 80.7 cm³/mol. The number of benzene rings is 1. The van der Waals surface area contributed by atoms with Gasteiger partial charge in [0.05, 0.1) is 5.56 Å². The van der Waals surface area contributed by atoms with Gasteiger partial charge in [0.2, 0.25) is 5.78 Å². The number of ether oxygens (including phenoxy) is 1. The van der Waals surface area contributed by atoms with E-state index in [1.165, 1.54) is 24.5 Å². The monoisotopic (exact) mass is 299 g/mol. The molecule has 0 aliphatic rings. The quantitative estimate of drug-likeness (QED) is 0.376. The fraction of sp³-hybridized carbons (Fsp3) is 0.235. The van der Waals surface area contributed by atoms with Crippen molar-refractivity contribution in [1.82, 2.24) is 0 Å². The lowest BCUT2D eigenvalue weighted by Gasteiger charge is -2.09. The van der Waals surface area contributed by atoms with Crippen LogP contribution in [0.4, 0.5) is 0 Å². The van der Waals surface area contributed by atoms with Crippen LogP contribution in [-0.2, 0) is 4.74 Å². The molecule has 0 aliphatic carbocycles. The average molecular weight is 299 g/mol. The van der Waals surface area contributed by atoms with E-state index < -0.39 is 5.97 Å². The Balaban J connectivity index is 2.05. The Morgan fingerprint density at radius 3 is 2.27 bits per heavy atom. The average Bonchev–Trinajstić information content (AvgIpc) is 2.49. The molecule has 0 aliphatic heterocycles. The second kappa shape index (κ2) is 6.39. The predicted octanol–water partition coefficient (Wildman–Crippen LogP) is 2.28. The Morgan fingerprint density at radius 2 is 1.64 bits per heavy atom. The Bertz CT molecular complexity index is 720. The van der Waals surface area contributed by atoms with Gasteiger partial charge in [0.25, 0.3) is 0 Å². The van der Waals surface area contributed by atoms with Crippen LogP contribution in [0, 0.1) is 26.0 Å². The lowest BCUT2D eigenvalue weighted by Crippen LogP contribution is -2.24. The van der Waals surface area contributed by atoms with E-state index >= 15 is 0 Å². The van der Waals surface area contributed by atoms with Crippen LogP contribution in [-0.4, -0.2) is 18.4 Å². The van der Waals surface area contributed by atoms with Crippen molar-refractivity contribution in [3.63, 3.8) is 0 Å². The van der Waals surface area contributed by atoms with Crippen LogP contribution in [0.15, 0.2) is 36.7 Å². The third kappa shape index (κ3) is 3.49. The number of aromatic nitrogens is 1. The molecule has 0 amide bonds. The molecular weight excluding hydrogens is 282 g/mol. The van der Waals surface area contributed by atoms with Crippen molar-refractivity contribution in [2.75, 3.05) is 6.61 Å². The van der Waals surface area contributed by atoms with E-state index in [1.54, 1.807) is 0 Å². The van der Waals surface area contributed by atoms with Crippen LogP contribution in [0.1, 0.15) is 37.4 Å². The van der Waals surface area contributed by atoms with Crippen molar-refractivity contribution < 1.29 is 19.1 Å². The lowest BCUT2D eigenvalue weighted by atomic mass is 9.98. The summed E-state index contributed by atoms with van der Waals surface area (Å²) in [5.41, 5.74) is 3.78. The lowest BCUT2D eigenvalue weighted by molar-refractivity contribution is -0.605. The first-order valence-electron chi connectivity index (χ1n) is 6.85. The van der Waals surface area contributed by atoms with Crippen LogP contribution in [0.3, 0.4) is 0 Å². The summed E-state index contributed by atoms with van der Waals surface area (Å²) in [6.07, 6.45) is 2.40. The van der Waals surface area contributed by atoms with Gasteiger partial charge in [0.15, 0.2) is 19.0 Å². The van der Waals surface area contributed by atoms with Gasteiger partial charge in [-0.25, -0.2) is 4.79 Å². The van der Waals surface area contributed by atoms with Crippen molar-refractivity contribution in [3.8, 4) is 0 Å². The summed E-state index contributed by atoms with van der Waals surface area (Å²) in [5.74, 6) is -0.876. The normalized spacial score (nSPS) is 10.3. The molecule has 2 rings (SSSR count). The smallest absolute Gasteiger partial charge is 0.339 e. The van der Waals surface area contributed by atoms with Crippen molar-refractivity contribution in [2.45, 2.75) is 20.8 Å². The maximum absolute atomic E-state index is 12.2. The number of nitrogens with zero attached hydrogens (tertiary/aromatic N) is 1. The first-order valence-corrected chi connectivity index (χ1v) is 6.85. The van der Waals surface area contributed by atoms with Gasteiger partial charge in [0, 0.05) is 17.7 Å². The van der Waals surface area contributed by atoms with Gasteiger partial charge in [-0.3, -0.25) is 4.79 Å². The molecule has 1 heterocycles. The summed E-state index contributed by atoms with van der Waals surface area (Å²) in [4.78, 5) is 24.0. The number of hydrogen-bond acceptors (Lipinski definition) is 4. The molecule has 0 atom stereocenters. The standard InChI is InChI=1S/C17H17NO4/c1-11-8-13(3)15(9-12(11)2)16(19)10-22-17(20)14-4-6-18(21)7-5-14/h4-9H,10H2,1-3H3. The number of hydrogen-bond donors (Lipinski definition) is 0. The highest BCUT2D eigenvalue weighted by Crippen LogP contribution is 2.16. The molecule has 0 saturated heterocycles. The van der Waals surface area contributed by atoms with Gasteiger partial charge in [-0.05, 0) is 43.5 Å². The summed E-state index contributed by atoms with van der Waals surface area (Å²) in [5, 5.41) is 10.9. The minimum atomic E-state index is -0.629. The number of carbonyl (C=O) groups excluding carboxylic acids is 2. The van der Waals surface area contributed by atoms with E-state index in [-0.39, 0.29) is 18.0 Å². The Hall–Kier alpha value is -2.69. The van der Waals surface area contributed by atoms with Crippen LogP contribution in [0.2, 0.25) is 0 Å². The number of aryl methyl sites for hydroxylation is 3. The molecule has 0 bridgehead atoms. The van der Waals surface area contributed by atoms with Crippen molar-refractivity contribution in [3.05, 3.63) is 69.7 Å². The topological polar surface area (TPSA) is 70.3 Å². The third-order valence-electron chi connectivity index (χ3n) is 3.51. The van der Waals surface area contributed by atoms with E-state index in [1.807, 2.05) is 32.9 Å². The Morgan fingerprint density at radius 1 is 1.05 bits per heavy atom.